The van der Waals surface area contributed by atoms with Gasteiger partial charge in [-0.25, -0.2) is 8.78 Å². The third kappa shape index (κ3) is 3.09. The molecule has 1 saturated carbocycles. The van der Waals surface area contributed by atoms with E-state index in [0.29, 0.717) is 12.5 Å². The molecule has 1 fully saturated rings. The number of Topliss-reactive ketones (excluding diaryl/α,β-unsaturated/α-hetero) is 1. The Morgan fingerprint density at radius 3 is 2.71 bits per heavy atom. The standard InChI is InChI=1S/C13H14F2O2/c1-8(17-7-9-2-3-9)13(16)10-4-5-11(14)12(15)6-10/h4-6,8-9H,2-3,7H2,1H3. The summed E-state index contributed by atoms with van der Waals surface area (Å²) in [4.78, 5) is 11.8. The molecule has 0 bridgehead atoms. The Morgan fingerprint density at radius 1 is 1.41 bits per heavy atom. The largest absolute Gasteiger partial charge is 0.370 e. The summed E-state index contributed by atoms with van der Waals surface area (Å²) in [6.45, 7) is 2.20. The maximum atomic E-state index is 13.0. The fraction of sp³-hybridized carbons (Fsp3) is 0.462. The number of halogens is 2. The SMILES string of the molecule is CC(OCC1CC1)C(=O)c1ccc(F)c(F)c1. The van der Waals surface area contributed by atoms with Crippen molar-refractivity contribution in [3.63, 3.8) is 0 Å². The summed E-state index contributed by atoms with van der Waals surface area (Å²) in [5.41, 5.74) is 0.146. The van der Waals surface area contributed by atoms with Gasteiger partial charge in [-0.15, -0.1) is 0 Å². The predicted molar refractivity (Wildman–Crippen MR) is 58.8 cm³/mol. The van der Waals surface area contributed by atoms with Gasteiger partial charge in [0.2, 0.25) is 0 Å². The van der Waals surface area contributed by atoms with Crippen LogP contribution in [0.5, 0.6) is 0 Å². The highest BCUT2D eigenvalue weighted by atomic mass is 19.2. The first-order chi connectivity index (χ1) is 8.08. The number of carbonyl (C=O) groups excluding carboxylic acids is 1. The molecule has 4 heteroatoms. The zero-order chi connectivity index (χ0) is 12.4. The lowest BCUT2D eigenvalue weighted by Crippen LogP contribution is -2.22. The molecule has 0 saturated heterocycles. The molecule has 0 aromatic heterocycles. The van der Waals surface area contributed by atoms with Gasteiger partial charge in [-0.3, -0.25) is 4.79 Å². The maximum absolute atomic E-state index is 13.0. The molecule has 1 unspecified atom stereocenters. The Labute approximate surface area is 98.6 Å². The van der Waals surface area contributed by atoms with Crippen LogP contribution in [0.4, 0.5) is 8.78 Å². The van der Waals surface area contributed by atoms with E-state index in [1.807, 2.05) is 0 Å². The van der Waals surface area contributed by atoms with E-state index >= 15 is 0 Å². The van der Waals surface area contributed by atoms with Crippen LogP contribution in [0.2, 0.25) is 0 Å². The van der Waals surface area contributed by atoms with Gasteiger partial charge in [0.1, 0.15) is 6.10 Å². The molecule has 0 heterocycles. The summed E-state index contributed by atoms with van der Waals surface area (Å²) in [6.07, 6.45) is 1.68. The minimum Gasteiger partial charge on any atom is -0.370 e. The van der Waals surface area contributed by atoms with Gasteiger partial charge in [-0.05, 0) is 43.9 Å². The minimum atomic E-state index is -1.01. The molecule has 1 aromatic rings. The molecule has 0 amide bonds. The Balaban J connectivity index is 1.98. The molecule has 92 valence electrons. The van der Waals surface area contributed by atoms with E-state index in [1.54, 1.807) is 6.92 Å². The Hall–Kier alpha value is -1.29. The number of rotatable bonds is 5. The number of hydrogen-bond acceptors (Lipinski definition) is 2. The van der Waals surface area contributed by atoms with Crippen LogP contribution in [-0.2, 0) is 4.74 Å². The van der Waals surface area contributed by atoms with Crippen molar-refractivity contribution >= 4 is 5.78 Å². The quantitative estimate of drug-likeness (QED) is 0.739. The Morgan fingerprint density at radius 2 is 2.12 bits per heavy atom. The third-order valence-electron chi connectivity index (χ3n) is 2.85. The van der Waals surface area contributed by atoms with Crippen molar-refractivity contribution in [1.82, 2.24) is 0 Å². The van der Waals surface area contributed by atoms with Crippen LogP contribution in [0.25, 0.3) is 0 Å². The van der Waals surface area contributed by atoms with E-state index in [4.69, 9.17) is 4.74 Å². The lowest BCUT2D eigenvalue weighted by molar-refractivity contribution is 0.0440. The van der Waals surface area contributed by atoms with E-state index < -0.39 is 17.7 Å². The lowest BCUT2D eigenvalue weighted by Gasteiger charge is -2.11. The molecule has 1 aliphatic rings. The zero-order valence-electron chi connectivity index (χ0n) is 9.58. The van der Waals surface area contributed by atoms with Crippen molar-refractivity contribution in [2.45, 2.75) is 25.9 Å². The second-order valence-corrected chi connectivity index (χ2v) is 4.41. The van der Waals surface area contributed by atoms with Crippen LogP contribution in [0, 0.1) is 17.6 Å². The van der Waals surface area contributed by atoms with Gasteiger partial charge in [-0.1, -0.05) is 0 Å². The van der Waals surface area contributed by atoms with E-state index in [0.717, 1.165) is 25.0 Å². The van der Waals surface area contributed by atoms with E-state index in [-0.39, 0.29) is 11.3 Å². The molecule has 0 aliphatic heterocycles. The second-order valence-electron chi connectivity index (χ2n) is 4.41. The van der Waals surface area contributed by atoms with Crippen molar-refractivity contribution in [1.29, 1.82) is 0 Å². The molecule has 0 radical (unpaired) electrons. The number of benzene rings is 1. The summed E-state index contributed by atoms with van der Waals surface area (Å²) >= 11 is 0. The van der Waals surface area contributed by atoms with Gasteiger partial charge in [0.05, 0.1) is 6.61 Å². The fourth-order valence-corrected chi connectivity index (χ4v) is 1.52. The average molecular weight is 240 g/mol. The Kier molecular flexibility index (Phi) is 3.52. The lowest BCUT2D eigenvalue weighted by atomic mass is 10.1. The first kappa shape index (κ1) is 12.2. The van der Waals surface area contributed by atoms with Crippen LogP contribution < -0.4 is 0 Å². The van der Waals surface area contributed by atoms with Crippen LogP contribution in [-0.4, -0.2) is 18.5 Å². The second kappa shape index (κ2) is 4.92. The van der Waals surface area contributed by atoms with E-state index in [2.05, 4.69) is 0 Å². The molecule has 1 atom stereocenters. The van der Waals surface area contributed by atoms with Crippen molar-refractivity contribution in [3.8, 4) is 0 Å². The Bertz CT molecular complexity index is 427. The summed E-state index contributed by atoms with van der Waals surface area (Å²) in [5, 5.41) is 0. The number of carbonyl (C=O) groups is 1. The first-order valence-electron chi connectivity index (χ1n) is 5.69. The van der Waals surface area contributed by atoms with Gasteiger partial charge in [0.15, 0.2) is 17.4 Å². The van der Waals surface area contributed by atoms with E-state index in [1.165, 1.54) is 6.07 Å². The highest BCUT2D eigenvalue weighted by molar-refractivity contribution is 5.99. The summed E-state index contributed by atoms with van der Waals surface area (Å²) in [7, 11) is 0. The van der Waals surface area contributed by atoms with Crippen molar-refractivity contribution in [2.75, 3.05) is 6.61 Å². The third-order valence-corrected chi connectivity index (χ3v) is 2.85. The predicted octanol–water partition coefficient (Wildman–Crippen LogP) is 2.96. The molecule has 0 N–H and O–H groups in total. The molecule has 2 nitrogen and oxygen atoms in total. The molecule has 1 aliphatic carbocycles. The summed E-state index contributed by atoms with van der Waals surface area (Å²) in [6, 6.07) is 3.14. The molecular formula is C13H14F2O2. The van der Waals surface area contributed by atoms with Crippen molar-refractivity contribution in [2.24, 2.45) is 5.92 Å². The molecule has 0 spiro atoms. The van der Waals surface area contributed by atoms with E-state index in [9.17, 15) is 13.6 Å². The molecule has 1 aromatic carbocycles. The summed E-state index contributed by atoms with van der Waals surface area (Å²) in [5.74, 6) is -1.71. The zero-order valence-corrected chi connectivity index (χ0v) is 9.58. The van der Waals surface area contributed by atoms with Crippen molar-refractivity contribution < 1.29 is 18.3 Å². The van der Waals surface area contributed by atoms with Gasteiger partial charge in [0, 0.05) is 5.56 Å². The monoisotopic (exact) mass is 240 g/mol. The normalized spacial score (nSPS) is 16.9. The van der Waals surface area contributed by atoms with Crippen molar-refractivity contribution in [3.05, 3.63) is 35.4 Å². The van der Waals surface area contributed by atoms with Crippen LogP contribution in [0.3, 0.4) is 0 Å². The van der Waals surface area contributed by atoms with Crippen LogP contribution >= 0.6 is 0 Å². The smallest absolute Gasteiger partial charge is 0.191 e. The maximum Gasteiger partial charge on any atom is 0.191 e. The highest BCUT2D eigenvalue weighted by Gasteiger charge is 2.24. The van der Waals surface area contributed by atoms with Gasteiger partial charge >= 0.3 is 0 Å². The van der Waals surface area contributed by atoms with Crippen LogP contribution in [0.1, 0.15) is 30.1 Å². The van der Waals surface area contributed by atoms with Gasteiger partial charge in [-0.2, -0.15) is 0 Å². The summed E-state index contributed by atoms with van der Waals surface area (Å²) < 4.78 is 31.1. The molecule has 2 rings (SSSR count). The highest BCUT2D eigenvalue weighted by Crippen LogP contribution is 2.29. The van der Waals surface area contributed by atoms with Gasteiger partial charge < -0.3 is 4.74 Å². The molecular weight excluding hydrogens is 226 g/mol. The topological polar surface area (TPSA) is 26.3 Å². The average Bonchev–Trinajstić information content (AvgIpc) is 3.12. The first-order valence-corrected chi connectivity index (χ1v) is 5.69. The van der Waals surface area contributed by atoms with Crippen LogP contribution in [0.15, 0.2) is 18.2 Å². The molecule has 17 heavy (non-hydrogen) atoms. The fourth-order valence-electron chi connectivity index (χ4n) is 1.52. The minimum absolute atomic E-state index is 0.146. The number of ketones is 1. The number of hydrogen-bond donors (Lipinski definition) is 0. The van der Waals surface area contributed by atoms with Gasteiger partial charge in [0.25, 0.3) is 0 Å². The number of ether oxygens (including phenoxy) is 1.